The van der Waals surface area contributed by atoms with Crippen molar-refractivity contribution >= 4 is 17.8 Å². The van der Waals surface area contributed by atoms with Crippen LogP contribution in [0.25, 0.3) is 0 Å². The third kappa shape index (κ3) is 7.02. The summed E-state index contributed by atoms with van der Waals surface area (Å²) in [4.78, 5) is 35.9. The van der Waals surface area contributed by atoms with Crippen molar-refractivity contribution in [2.45, 2.75) is 78.2 Å². The topological polar surface area (TPSA) is 90.9 Å². The molecule has 1 atom stereocenters. The summed E-state index contributed by atoms with van der Waals surface area (Å²) >= 11 is 0. The van der Waals surface area contributed by atoms with Gasteiger partial charge >= 0.3 is 12.1 Å². The molecule has 0 aromatic rings. The van der Waals surface area contributed by atoms with Crippen molar-refractivity contribution < 1.29 is 28.6 Å². The number of ether oxygens (including phenoxy) is 3. The van der Waals surface area contributed by atoms with Crippen LogP contribution in [0.1, 0.15) is 60.8 Å². The monoisotopic (exact) mass is 341 g/mol. The average molecular weight is 341 g/mol. The molecule has 0 aromatic heterocycles. The largest absolute Gasteiger partial charge is 0.456 e. The number of rotatable bonds is 6. The fourth-order valence-corrected chi connectivity index (χ4v) is 2.20. The predicted octanol–water partition coefficient (Wildman–Crippen LogP) is 2.83. The van der Waals surface area contributed by atoms with Gasteiger partial charge in [-0.15, -0.1) is 0 Å². The van der Waals surface area contributed by atoms with E-state index in [9.17, 15) is 14.4 Å². The zero-order chi connectivity index (χ0) is 18.5. The first-order valence-electron chi connectivity index (χ1n) is 8.06. The van der Waals surface area contributed by atoms with Gasteiger partial charge in [-0.05, 0) is 27.2 Å². The quantitative estimate of drug-likeness (QED) is 0.747. The van der Waals surface area contributed by atoms with Crippen molar-refractivity contribution in [3.63, 3.8) is 0 Å². The zero-order valence-corrected chi connectivity index (χ0v) is 15.2. The normalized spacial score (nSPS) is 17.9. The number of Topliss-reactive ketones (excluding diaryl/α,β-unsaturated/α-hetero) is 1. The van der Waals surface area contributed by atoms with Crippen molar-refractivity contribution in [1.29, 1.82) is 0 Å². The number of esters is 1. The minimum absolute atomic E-state index is 0.0982. The van der Waals surface area contributed by atoms with E-state index < -0.39 is 29.5 Å². The molecule has 24 heavy (non-hydrogen) atoms. The molecular formula is C17H27NO6. The van der Waals surface area contributed by atoms with Crippen LogP contribution < -0.4 is 5.32 Å². The van der Waals surface area contributed by atoms with Gasteiger partial charge in [-0.25, -0.2) is 9.59 Å². The fraction of sp³-hybridized carbons (Fsp3) is 0.706. The van der Waals surface area contributed by atoms with Crippen molar-refractivity contribution in [2.24, 2.45) is 0 Å². The number of alkyl carbamates (subject to hydrolysis) is 1. The maximum absolute atomic E-state index is 12.5. The Labute approximate surface area is 142 Å². The molecule has 0 aliphatic carbocycles. The molecule has 1 N–H and O–H groups in total. The molecule has 0 saturated carbocycles. The van der Waals surface area contributed by atoms with Crippen molar-refractivity contribution in [1.82, 2.24) is 5.32 Å². The lowest BCUT2D eigenvalue weighted by molar-refractivity contribution is -0.205. The molecule has 1 heterocycles. The lowest BCUT2D eigenvalue weighted by atomic mass is 10.0. The maximum atomic E-state index is 12.5. The number of carbonyl (C=O) groups excluding carboxylic acids is 3. The highest BCUT2D eigenvalue weighted by Crippen LogP contribution is 2.24. The smallest absolute Gasteiger partial charge is 0.408 e. The number of allylic oxidation sites excluding steroid dienone is 1. The Morgan fingerprint density at radius 3 is 2.42 bits per heavy atom. The van der Waals surface area contributed by atoms with Crippen LogP contribution >= 0.6 is 0 Å². The van der Waals surface area contributed by atoms with E-state index in [0.717, 1.165) is 6.08 Å². The van der Waals surface area contributed by atoms with Gasteiger partial charge in [0.25, 0.3) is 0 Å². The third-order valence-corrected chi connectivity index (χ3v) is 3.01. The first-order valence-corrected chi connectivity index (χ1v) is 8.06. The fourth-order valence-electron chi connectivity index (χ4n) is 2.20. The van der Waals surface area contributed by atoms with Gasteiger partial charge in [0.1, 0.15) is 11.4 Å². The van der Waals surface area contributed by atoms with E-state index in [-0.39, 0.29) is 18.0 Å². The summed E-state index contributed by atoms with van der Waals surface area (Å²) in [5, 5.41) is 2.59. The predicted molar refractivity (Wildman–Crippen MR) is 87.0 cm³/mol. The lowest BCUT2D eigenvalue weighted by Gasteiger charge is -2.31. The second-order valence-electron chi connectivity index (χ2n) is 7.16. The standard InChI is InChI=1S/C17H27NO6/c1-7-8-12(18-15(21)24-16(2,3)4)13(19)9-11-10-14(20)23-17(5,6)22-11/h10,12H,7-9H2,1-6H3,(H,18,21)/t12-/m0/s1. The molecule has 0 saturated heterocycles. The van der Waals surface area contributed by atoms with E-state index in [1.165, 1.54) is 0 Å². The molecule has 0 aromatic carbocycles. The van der Waals surface area contributed by atoms with Crippen LogP contribution in [0.15, 0.2) is 11.8 Å². The number of hydrogen-bond donors (Lipinski definition) is 1. The van der Waals surface area contributed by atoms with Crippen LogP contribution in [0, 0.1) is 0 Å². The van der Waals surface area contributed by atoms with Gasteiger partial charge in [-0.3, -0.25) is 4.79 Å². The summed E-state index contributed by atoms with van der Waals surface area (Å²) in [5.41, 5.74) is -0.646. The highest BCUT2D eigenvalue weighted by Gasteiger charge is 2.32. The molecule has 1 aliphatic heterocycles. The molecule has 0 bridgehead atoms. The molecule has 0 fully saturated rings. The van der Waals surface area contributed by atoms with Gasteiger partial charge in [-0.2, -0.15) is 0 Å². The number of amides is 1. The minimum Gasteiger partial charge on any atom is -0.456 e. The second kappa shape index (κ2) is 7.68. The van der Waals surface area contributed by atoms with Gasteiger partial charge in [0.15, 0.2) is 5.78 Å². The zero-order valence-electron chi connectivity index (χ0n) is 15.2. The van der Waals surface area contributed by atoms with E-state index in [2.05, 4.69) is 5.32 Å². The summed E-state index contributed by atoms with van der Waals surface area (Å²) in [5.74, 6) is -1.69. The lowest BCUT2D eigenvalue weighted by Crippen LogP contribution is -2.44. The molecule has 0 radical (unpaired) electrons. The molecule has 7 nitrogen and oxygen atoms in total. The summed E-state index contributed by atoms with van der Waals surface area (Å²) < 4.78 is 15.6. The average Bonchev–Trinajstić information content (AvgIpc) is 2.33. The number of nitrogens with one attached hydrogen (secondary N) is 1. The number of cyclic esters (lactones) is 1. The van der Waals surface area contributed by atoms with E-state index in [4.69, 9.17) is 14.2 Å². The third-order valence-electron chi connectivity index (χ3n) is 3.01. The number of ketones is 1. The Morgan fingerprint density at radius 2 is 1.92 bits per heavy atom. The highest BCUT2D eigenvalue weighted by atomic mass is 16.7. The molecule has 1 aliphatic rings. The second-order valence-corrected chi connectivity index (χ2v) is 7.16. The number of hydrogen-bond acceptors (Lipinski definition) is 6. The molecular weight excluding hydrogens is 314 g/mol. The van der Waals surface area contributed by atoms with Gasteiger partial charge in [0.2, 0.25) is 5.79 Å². The van der Waals surface area contributed by atoms with E-state index in [1.54, 1.807) is 34.6 Å². The molecule has 1 amide bonds. The Hall–Kier alpha value is -2.05. The molecule has 7 heteroatoms. The van der Waals surface area contributed by atoms with Gasteiger partial charge < -0.3 is 19.5 Å². The maximum Gasteiger partial charge on any atom is 0.408 e. The van der Waals surface area contributed by atoms with Crippen molar-refractivity contribution in [3.05, 3.63) is 11.8 Å². The first-order chi connectivity index (χ1) is 10.9. The van der Waals surface area contributed by atoms with E-state index in [1.807, 2.05) is 6.92 Å². The van der Waals surface area contributed by atoms with Crippen molar-refractivity contribution in [3.8, 4) is 0 Å². The Morgan fingerprint density at radius 1 is 1.29 bits per heavy atom. The van der Waals surface area contributed by atoms with Crippen LogP contribution in [-0.4, -0.2) is 35.3 Å². The molecule has 1 rings (SSSR count). The van der Waals surface area contributed by atoms with Crippen LogP contribution in [0.2, 0.25) is 0 Å². The molecule has 136 valence electrons. The summed E-state index contributed by atoms with van der Waals surface area (Å²) in [6, 6.07) is -0.699. The van der Waals surface area contributed by atoms with Gasteiger partial charge in [0.05, 0.1) is 18.5 Å². The van der Waals surface area contributed by atoms with Crippen LogP contribution in [0.4, 0.5) is 4.79 Å². The van der Waals surface area contributed by atoms with Crippen LogP contribution in [0.3, 0.4) is 0 Å². The summed E-state index contributed by atoms with van der Waals surface area (Å²) in [6.45, 7) is 10.3. The molecule has 0 unspecified atom stereocenters. The van der Waals surface area contributed by atoms with Gasteiger partial charge in [0, 0.05) is 13.8 Å². The Bertz CT molecular complexity index is 530. The van der Waals surface area contributed by atoms with Gasteiger partial charge in [-0.1, -0.05) is 13.3 Å². The first kappa shape index (κ1) is 20.0. The summed E-state index contributed by atoms with van der Waals surface area (Å²) in [6.07, 6.45) is 1.59. The highest BCUT2D eigenvalue weighted by molar-refractivity contribution is 5.91. The SMILES string of the molecule is CCC[C@H](NC(=O)OC(C)(C)C)C(=O)CC1=CC(=O)OC(C)(C)O1. The summed E-state index contributed by atoms with van der Waals surface area (Å²) in [7, 11) is 0. The Balaban J connectivity index is 2.73. The molecule has 0 spiro atoms. The van der Waals surface area contributed by atoms with E-state index in [0.29, 0.717) is 12.8 Å². The Kier molecular flexibility index (Phi) is 6.40. The van der Waals surface area contributed by atoms with Crippen LogP contribution in [-0.2, 0) is 23.8 Å². The van der Waals surface area contributed by atoms with Crippen LogP contribution in [0.5, 0.6) is 0 Å². The van der Waals surface area contributed by atoms with Crippen molar-refractivity contribution in [2.75, 3.05) is 0 Å². The minimum atomic E-state index is -1.11. The number of carbonyl (C=O) groups is 3. The van der Waals surface area contributed by atoms with E-state index >= 15 is 0 Å².